The second kappa shape index (κ2) is 5.92. The molecule has 0 radical (unpaired) electrons. The summed E-state index contributed by atoms with van der Waals surface area (Å²) in [6, 6.07) is 5.31. The summed E-state index contributed by atoms with van der Waals surface area (Å²) in [5.74, 6) is 0.640. The maximum absolute atomic E-state index is 12.3. The van der Waals surface area contributed by atoms with E-state index in [0.717, 1.165) is 30.2 Å². The maximum atomic E-state index is 12.3. The van der Waals surface area contributed by atoms with Gasteiger partial charge in [0.15, 0.2) is 0 Å². The van der Waals surface area contributed by atoms with Gasteiger partial charge in [0.25, 0.3) is 5.91 Å². The Bertz CT molecular complexity index is 471. The number of carbonyl (C=O) groups is 1. The molecule has 1 fully saturated rings. The molecule has 1 aromatic carbocycles. The van der Waals surface area contributed by atoms with Crippen molar-refractivity contribution in [3.8, 4) is 5.75 Å². The van der Waals surface area contributed by atoms with Crippen LogP contribution in [0, 0.1) is 0 Å². The first-order valence-corrected chi connectivity index (χ1v) is 7.26. The van der Waals surface area contributed by atoms with Crippen LogP contribution in [-0.4, -0.2) is 25.1 Å². The summed E-state index contributed by atoms with van der Waals surface area (Å²) in [5.41, 5.74) is 6.23. The van der Waals surface area contributed by atoms with Crippen molar-refractivity contribution >= 4 is 21.8 Å². The highest BCUT2D eigenvalue weighted by Gasteiger charge is 2.34. The molecule has 1 amide bonds. The number of nitrogens with one attached hydrogen (secondary N) is 1. The Hall–Kier alpha value is -1.07. The number of methoxy groups -OCH3 is 1. The van der Waals surface area contributed by atoms with E-state index in [-0.39, 0.29) is 11.4 Å². The average molecular weight is 327 g/mol. The smallest absolute Gasteiger partial charge is 0.251 e. The molecule has 19 heavy (non-hydrogen) atoms. The van der Waals surface area contributed by atoms with E-state index in [0.29, 0.717) is 17.9 Å². The first-order valence-electron chi connectivity index (χ1n) is 6.46. The lowest BCUT2D eigenvalue weighted by atomic mass is 9.97. The van der Waals surface area contributed by atoms with Gasteiger partial charge in [-0.3, -0.25) is 4.79 Å². The van der Waals surface area contributed by atoms with Crippen LogP contribution in [0.3, 0.4) is 0 Å². The normalized spacial score (nSPS) is 17.2. The number of rotatable bonds is 4. The molecule has 2 rings (SSSR count). The lowest BCUT2D eigenvalue weighted by Crippen LogP contribution is -2.51. The molecule has 1 aliphatic carbocycles. The Labute approximate surface area is 121 Å². The van der Waals surface area contributed by atoms with Crippen molar-refractivity contribution in [3.63, 3.8) is 0 Å². The first-order chi connectivity index (χ1) is 9.10. The van der Waals surface area contributed by atoms with Crippen molar-refractivity contribution in [2.45, 2.75) is 31.2 Å². The summed E-state index contributed by atoms with van der Waals surface area (Å²) >= 11 is 3.39. The fourth-order valence-corrected chi connectivity index (χ4v) is 3.09. The SMILES string of the molecule is COc1ccc(C(=O)NC2(CN)CCCC2)cc1Br. The minimum absolute atomic E-state index is 0.0734. The van der Waals surface area contributed by atoms with E-state index in [9.17, 15) is 4.79 Å². The van der Waals surface area contributed by atoms with Crippen LogP contribution in [0.15, 0.2) is 22.7 Å². The Morgan fingerprint density at radius 3 is 2.68 bits per heavy atom. The van der Waals surface area contributed by atoms with Gasteiger partial charge in [0, 0.05) is 12.1 Å². The average Bonchev–Trinajstić information content (AvgIpc) is 2.87. The number of benzene rings is 1. The monoisotopic (exact) mass is 326 g/mol. The third kappa shape index (κ3) is 3.09. The predicted octanol–water partition coefficient (Wildman–Crippen LogP) is 2.46. The largest absolute Gasteiger partial charge is 0.496 e. The molecule has 0 spiro atoms. The Balaban J connectivity index is 2.13. The van der Waals surface area contributed by atoms with Gasteiger partial charge in [-0.25, -0.2) is 0 Å². The molecule has 0 heterocycles. The van der Waals surface area contributed by atoms with Crippen molar-refractivity contribution in [2.24, 2.45) is 5.73 Å². The second-order valence-corrected chi connectivity index (χ2v) is 5.85. The van der Waals surface area contributed by atoms with Crippen molar-refractivity contribution in [1.82, 2.24) is 5.32 Å². The Kier molecular flexibility index (Phi) is 4.47. The molecule has 104 valence electrons. The number of ether oxygens (including phenoxy) is 1. The van der Waals surface area contributed by atoms with Crippen LogP contribution in [0.4, 0.5) is 0 Å². The fourth-order valence-electron chi connectivity index (χ4n) is 2.55. The number of carbonyl (C=O) groups excluding carboxylic acids is 1. The van der Waals surface area contributed by atoms with E-state index in [2.05, 4.69) is 21.2 Å². The summed E-state index contributed by atoms with van der Waals surface area (Å²) in [6.45, 7) is 0.496. The second-order valence-electron chi connectivity index (χ2n) is 5.00. The number of halogens is 1. The zero-order chi connectivity index (χ0) is 13.9. The van der Waals surface area contributed by atoms with E-state index in [1.807, 2.05) is 0 Å². The van der Waals surface area contributed by atoms with Gasteiger partial charge in [0.1, 0.15) is 5.75 Å². The molecule has 5 heteroatoms. The number of amides is 1. The van der Waals surface area contributed by atoms with Crippen LogP contribution in [-0.2, 0) is 0 Å². The van der Waals surface area contributed by atoms with Crippen LogP contribution < -0.4 is 15.8 Å². The molecule has 0 saturated heterocycles. The quantitative estimate of drug-likeness (QED) is 0.893. The van der Waals surface area contributed by atoms with Crippen LogP contribution in [0.5, 0.6) is 5.75 Å². The van der Waals surface area contributed by atoms with Gasteiger partial charge in [-0.05, 0) is 47.0 Å². The van der Waals surface area contributed by atoms with Crippen molar-refractivity contribution in [3.05, 3.63) is 28.2 Å². The molecule has 1 saturated carbocycles. The zero-order valence-corrected chi connectivity index (χ0v) is 12.6. The van der Waals surface area contributed by atoms with Crippen LogP contribution in [0.2, 0.25) is 0 Å². The molecule has 3 N–H and O–H groups in total. The number of nitrogens with two attached hydrogens (primary N) is 1. The Morgan fingerprint density at radius 1 is 1.47 bits per heavy atom. The lowest BCUT2D eigenvalue weighted by molar-refractivity contribution is 0.0903. The van der Waals surface area contributed by atoms with Gasteiger partial charge >= 0.3 is 0 Å². The van der Waals surface area contributed by atoms with Crippen molar-refractivity contribution in [2.75, 3.05) is 13.7 Å². The van der Waals surface area contributed by atoms with Gasteiger partial charge in [0.2, 0.25) is 0 Å². The van der Waals surface area contributed by atoms with Crippen LogP contribution in [0.25, 0.3) is 0 Å². The standard InChI is InChI=1S/C14H19BrN2O2/c1-19-12-5-4-10(8-11(12)15)13(18)17-14(9-16)6-2-3-7-14/h4-5,8H,2-3,6-7,9,16H2,1H3,(H,17,18). The first kappa shape index (κ1) is 14.3. The van der Waals surface area contributed by atoms with Crippen LogP contribution >= 0.6 is 15.9 Å². The topological polar surface area (TPSA) is 64.3 Å². The van der Waals surface area contributed by atoms with E-state index in [4.69, 9.17) is 10.5 Å². The highest BCUT2D eigenvalue weighted by Crippen LogP contribution is 2.30. The van der Waals surface area contributed by atoms with E-state index in [1.54, 1.807) is 25.3 Å². The predicted molar refractivity (Wildman–Crippen MR) is 78.4 cm³/mol. The molecule has 1 aliphatic rings. The summed E-state index contributed by atoms with van der Waals surface area (Å²) in [4.78, 5) is 12.3. The van der Waals surface area contributed by atoms with Gasteiger partial charge in [-0.1, -0.05) is 12.8 Å². The zero-order valence-electron chi connectivity index (χ0n) is 11.0. The fraction of sp³-hybridized carbons (Fsp3) is 0.500. The van der Waals surface area contributed by atoms with Gasteiger partial charge < -0.3 is 15.8 Å². The number of hydrogen-bond donors (Lipinski definition) is 2. The highest BCUT2D eigenvalue weighted by atomic mass is 79.9. The molecular formula is C14H19BrN2O2. The molecule has 0 unspecified atom stereocenters. The molecule has 0 bridgehead atoms. The molecule has 0 aliphatic heterocycles. The highest BCUT2D eigenvalue weighted by molar-refractivity contribution is 9.10. The van der Waals surface area contributed by atoms with Crippen LogP contribution in [0.1, 0.15) is 36.0 Å². The van der Waals surface area contributed by atoms with Gasteiger partial charge in [-0.15, -0.1) is 0 Å². The van der Waals surface area contributed by atoms with Crippen molar-refractivity contribution in [1.29, 1.82) is 0 Å². The third-order valence-electron chi connectivity index (χ3n) is 3.74. The minimum atomic E-state index is -0.219. The maximum Gasteiger partial charge on any atom is 0.251 e. The van der Waals surface area contributed by atoms with E-state index >= 15 is 0 Å². The molecular weight excluding hydrogens is 308 g/mol. The lowest BCUT2D eigenvalue weighted by Gasteiger charge is -2.28. The van der Waals surface area contributed by atoms with E-state index < -0.39 is 0 Å². The van der Waals surface area contributed by atoms with E-state index in [1.165, 1.54) is 0 Å². The summed E-state index contributed by atoms with van der Waals surface area (Å²) in [6.07, 6.45) is 4.19. The summed E-state index contributed by atoms with van der Waals surface area (Å²) < 4.78 is 5.93. The molecule has 1 aromatic rings. The molecule has 4 nitrogen and oxygen atoms in total. The number of hydrogen-bond acceptors (Lipinski definition) is 3. The minimum Gasteiger partial charge on any atom is -0.496 e. The summed E-state index contributed by atoms with van der Waals surface area (Å²) in [5, 5.41) is 3.10. The Morgan fingerprint density at radius 2 is 2.16 bits per heavy atom. The van der Waals surface area contributed by atoms with Crippen molar-refractivity contribution < 1.29 is 9.53 Å². The molecule has 0 aromatic heterocycles. The third-order valence-corrected chi connectivity index (χ3v) is 4.36. The molecule has 0 atom stereocenters. The summed E-state index contributed by atoms with van der Waals surface area (Å²) in [7, 11) is 1.60. The van der Waals surface area contributed by atoms with Gasteiger partial charge in [-0.2, -0.15) is 0 Å². The van der Waals surface area contributed by atoms with Gasteiger partial charge in [0.05, 0.1) is 17.1 Å².